The maximum Gasteiger partial charge on any atom is 0.242 e. The minimum atomic E-state index is -4.08. The number of carbonyl (C=O) groups excluding carboxylic acids is 1. The van der Waals surface area contributed by atoms with Crippen LogP contribution in [0.15, 0.2) is 77.7 Å². The van der Waals surface area contributed by atoms with E-state index in [0.29, 0.717) is 17.4 Å². The molecule has 3 rings (SSSR count). The first kappa shape index (κ1) is 22.4. The van der Waals surface area contributed by atoms with Crippen LogP contribution in [0.1, 0.15) is 5.56 Å². The van der Waals surface area contributed by atoms with E-state index >= 15 is 0 Å². The summed E-state index contributed by atoms with van der Waals surface area (Å²) in [5.74, 6) is -2.07. The number of methoxy groups -OCH3 is 1. The Morgan fingerprint density at radius 1 is 1.00 bits per heavy atom. The molecule has 3 aromatic rings. The average Bonchev–Trinajstić information content (AvgIpc) is 2.76. The maximum atomic E-state index is 14.0. The van der Waals surface area contributed by atoms with Gasteiger partial charge in [0.05, 0.1) is 17.7 Å². The fourth-order valence-electron chi connectivity index (χ4n) is 2.86. The number of halogens is 2. The zero-order valence-electron chi connectivity index (χ0n) is 16.5. The van der Waals surface area contributed by atoms with Crippen LogP contribution in [0.25, 0.3) is 0 Å². The van der Waals surface area contributed by atoms with Crippen LogP contribution in [-0.4, -0.2) is 27.5 Å². The summed E-state index contributed by atoms with van der Waals surface area (Å²) in [4.78, 5) is 12.8. The Morgan fingerprint density at radius 3 is 2.29 bits per heavy atom. The zero-order chi connectivity index (χ0) is 22.4. The number of rotatable bonds is 8. The molecule has 1 atom stereocenters. The van der Waals surface area contributed by atoms with Gasteiger partial charge in [0.15, 0.2) is 0 Å². The quantitative estimate of drug-likeness (QED) is 0.555. The van der Waals surface area contributed by atoms with E-state index in [2.05, 4.69) is 10.0 Å². The summed E-state index contributed by atoms with van der Waals surface area (Å²) < 4.78 is 60.2. The molecule has 0 aliphatic carbocycles. The van der Waals surface area contributed by atoms with Crippen molar-refractivity contribution in [2.45, 2.75) is 17.4 Å². The van der Waals surface area contributed by atoms with Crippen molar-refractivity contribution in [3.63, 3.8) is 0 Å². The predicted molar refractivity (Wildman–Crippen MR) is 112 cm³/mol. The minimum absolute atomic E-state index is 0.0187. The van der Waals surface area contributed by atoms with E-state index in [0.717, 1.165) is 12.1 Å². The molecule has 0 bridgehead atoms. The van der Waals surface area contributed by atoms with E-state index in [4.69, 9.17) is 4.74 Å². The highest BCUT2D eigenvalue weighted by Crippen LogP contribution is 2.18. The Bertz CT molecular complexity index is 1150. The molecular weight excluding hydrogens is 426 g/mol. The molecule has 0 radical (unpaired) electrons. The molecule has 3 aromatic carbocycles. The lowest BCUT2D eigenvalue weighted by atomic mass is 10.1. The van der Waals surface area contributed by atoms with E-state index in [-0.39, 0.29) is 17.0 Å². The van der Waals surface area contributed by atoms with Gasteiger partial charge in [-0.3, -0.25) is 4.79 Å². The van der Waals surface area contributed by atoms with Crippen molar-refractivity contribution in [2.24, 2.45) is 0 Å². The van der Waals surface area contributed by atoms with E-state index in [1.165, 1.54) is 31.4 Å². The van der Waals surface area contributed by atoms with Crippen molar-refractivity contribution in [2.75, 3.05) is 12.4 Å². The molecule has 1 amide bonds. The number of anilines is 1. The fourth-order valence-corrected chi connectivity index (χ4v) is 4.05. The number of carbonyl (C=O) groups is 1. The molecule has 6 nitrogen and oxygen atoms in total. The lowest BCUT2D eigenvalue weighted by Crippen LogP contribution is -2.45. The highest BCUT2D eigenvalue weighted by molar-refractivity contribution is 7.89. The Morgan fingerprint density at radius 2 is 1.68 bits per heavy atom. The fraction of sp³-hybridized carbons (Fsp3) is 0.136. The largest absolute Gasteiger partial charge is 0.497 e. The molecule has 0 saturated heterocycles. The van der Waals surface area contributed by atoms with Crippen molar-refractivity contribution in [3.8, 4) is 5.75 Å². The summed E-state index contributed by atoms with van der Waals surface area (Å²) in [7, 11) is -2.62. The number of sulfonamides is 1. The smallest absolute Gasteiger partial charge is 0.242 e. The first-order chi connectivity index (χ1) is 14.8. The molecule has 162 valence electrons. The minimum Gasteiger partial charge on any atom is -0.497 e. The summed E-state index contributed by atoms with van der Waals surface area (Å²) in [5.41, 5.74) is 0.438. The van der Waals surface area contributed by atoms with Gasteiger partial charge >= 0.3 is 0 Å². The van der Waals surface area contributed by atoms with Gasteiger partial charge in [0, 0.05) is 6.07 Å². The van der Waals surface area contributed by atoms with Crippen molar-refractivity contribution >= 4 is 21.6 Å². The SMILES string of the molecule is COc1ccc(S(=O)(=O)NC(Cc2ccccc2)C(=O)Nc2ccc(F)cc2F)cc1. The van der Waals surface area contributed by atoms with Gasteiger partial charge in [-0.25, -0.2) is 17.2 Å². The number of hydrogen-bond donors (Lipinski definition) is 2. The van der Waals surface area contributed by atoms with Crippen LogP contribution in [0.4, 0.5) is 14.5 Å². The molecule has 31 heavy (non-hydrogen) atoms. The number of amides is 1. The van der Waals surface area contributed by atoms with Crippen LogP contribution in [0.3, 0.4) is 0 Å². The standard InChI is InChI=1S/C22H20F2N2O4S/c1-30-17-8-10-18(11-9-17)31(28,29)26-21(13-15-5-3-2-4-6-15)22(27)25-20-12-7-16(23)14-19(20)24/h2-12,14,21,26H,13H2,1H3,(H,25,27). The molecule has 0 aliphatic heterocycles. The number of hydrogen-bond acceptors (Lipinski definition) is 4. The van der Waals surface area contributed by atoms with Gasteiger partial charge in [0.1, 0.15) is 23.4 Å². The van der Waals surface area contributed by atoms with Crippen molar-refractivity contribution in [1.29, 1.82) is 0 Å². The molecular formula is C22H20F2N2O4S. The summed E-state index contributed by atoms with van der Waals surface area (Å²) in [5, 5.41) is 2.32. The van der Waals surface area contributed by atoms with Gasteiger partial charge in [-0.2, -0.15) is 4.72 Å². The molecule has 0 heterocycles. The molecule has 0 fully saturated rings. The third-order valence-corrected chi connectivity index (χ3v) is 5.94. The van der Waals surface area contributed by atoms with Crippen LogP contribution in [0.5, 0.6) is 5.75 Å². The van der Waals surface area contributed by atoms with Gasteiger partial charge in [-0.15, -0.1) is 0 Å². The molecule has 2 N–H and O–H groups in total. The Balaban J connectivity index is 1.87. The Hall–Kier alpha value is -3.30. The maximum absolute atomic E-state index is 14.0. The van der Waals surface area contributed by atoms with Crippen LogP contribution < -0.4 is 14.8 Å². The molecule has 0 spiro atoms. The molecule has 0 aromatic heterocycles. The lowest BCUT2D eigenvalue weighted by molar-refractivity contribution is -0.117. The predicted octanol–water partition coefficient (Wildman–Crippen LogP) is 3.50. The summed E-state index contributed by atoms with van der Waals surface area (Å²) in [6.45, 7) is 0. The van der Waals surface area contributed by atoms with Gasteiger partial charge in [0.2, 0.25) is 15.9 Å². The zero-order valence-corrected chi connectivity index (χ0v) is 17.3. The lowest BCUT2D eigenvalue weighted by Gasteiger charge is -2.19. The summed E-state index contributed by atoms with van der Waals surface area (Å²) in [6, 6.07) is 15.9. The van der Waals surface area contributed by atoms with Crippen molar-refractivity contribution < 1.29 is 26.7 Å². The van der Waals surface area contributed by atoms with Gasteiger partial charge in [0.25, 0.3) is 0 Å². The van der Waals surface area contributed by atoms with Crippen LogP contribution in [0, 0.1) is 11.6 Å². The number of ether oxygens (including phenoxy) is 1. The van der Waals surface area contributed by atoms with E-state index < -0.39 is 33.6 Å². The van der Waals surface area contributed by atoms with Crippen molar-refractivity contribution in [1.82, 2.24) is 4.72 Å². The topological polar surface area (TPSA) is 84.5 Å². The van der Waals surface area contributed by atoms with Gasteiger partial charge in [-0.1, -0.05) is 30.3 Å². The van der Waals surface area contributed by atoms with Crippen molar-refractivity contribution in [3.05, 3.63) is 90.0 Å². The van der Waals surface area contributed by atoms with Crippen LogP contribution in [0.2, 0.25) is 0 Å². The van der Waals surface area contributed by atoms with E-state index in [9.17, 15) is 22.0 Å². The Labute approximate surface area is 178 Å². The highest BCUT2D eigenvalue weighted by Gasteiger charge is 2.27. The van der Waals surface area contributed by atoms with Crippen LogP contribution in [-0.2, 0) is 21.2 Å². The summed E-state index contributed by atoms with van der Waals surface area (Å²) >= 11 is 0. The first-order valence-electron chi connectivity index (χ1n) is 9.25. The first-order valence-corrected chi connectivity index (χ1v) is 10.7. The highest BCUT2D eigenvalue weighted by atomic mass is 32.2. The number of benzene rings is 3. The molecule has 9 heteroatoms. The second kappa shape index (κ2) is 9.67. The third kappa shape index (κ3) is 5.87. The molecule has 1 unspecified atom stereocenters. The van der Waals surface area contributed by atoms with Crippen LogP contribution >= 0.6 is 0 Å². The second-order valence-electron chi connectivity index (χ2n) is 6.65. The second-order valence-corrected chi connectivity index (χ2v) is 8.37. The van der Waals surface area contributed by atoms with E-state index in [1.54, 1.807) is 30.3 Å². The molecule has 0 saturated carbocycles. The Kier molecular flexibility index (Phi) is 6.98. The average molecular weight is 446 g/mol. The summed E-state index contributed by atoms with van der Waals surface area (Å²) in [6.07, 6.45) is 0.0187. The number of nitrogens with one attached hydrogen (secondary N) is 2. The van der Waals surface area contributed by atoms with E-state index in [1.807, 2.05) is 0 Å². The molecule has 0 aliphatic rings. The van der Waals surface area contributed by atoms with Gasteiger partial charge in [-0.05, 0) is 48.4 Å². The van der Waals surface area contributed by atoms with Gasteiger partial charge < -0.3 is 10.1 Å². The monoisotopic (exact) mass is 446 g/mol. The normalized spacial score (nSPS) is 12.2. The third-order valence-electron chi connectivity index (χ3n) is 4.46.